The van der Waals surface area contributed by atoms with E-state index in [2.05, 4.69) is 4.74 Å². The highest BCUT2D eigenvalue weighted by Crippen LogP contribution is 2.11. The van der Waals surface area contributed by atoms with Crippen molar-refractivity contribution in [3.63, 3.8) is 0 Å². The summed E-state index contributed by atoms with van der Waals surface area (Å²) in [6.45, 7) is 0.932. The van der Waals surface area contributed by atoms with E-state index in [1.54, 1.807) is 0 Å². The average molecular weight is 117 g/mol. The van der Waals surface area contributed by atoms with Crippen LogP contribution in [0.15, 0.2) is 0 Å². The molecule has 0 amide bonds. The zero-order valence-corrected chi connectivity index (χ0v) is 4.24. The van der Waals surface area contributed by atoms with Crippen LogP contribution in [0.3, 0.4) is 0 Å². The highest BCUT2D eigenvalue weighted by atomic mass is 16.6. The predicted octanol–water partition coefficient (Wildman–Crippen LogP) is -1.16. The van der Waals surface area contributed by atoms with E-state index in [9.17, 15) is 4.79 Å². The second-order valence-electron chi connectivity index (χ2n) is 1.57. The van der Waals surface area contributed by atoms with Crippen LogP contribution in [0, 0.1) is 0 Å². The van der Waals surface area contributed by atoms with Gasteiger partial charge < -0.3 is 9.47 Å². The third kappa shape index (κ3) is 1.18. The van der Waals surface area contributed by atoms with Crippen molar-refractivity contribution in [1.29, 1.82) is 0 Å². The van der Waals surface area contributed by atoms with E-state index in [0.717, 1.165) is 0 Å². The Labute approximate surface area is 46.6 Å². The minimum Gasteiger partial charge on any atom is -0.446 e. The molecule has 2 atom stereocenters. The molecule has 0 spiro atoms. The van der Waals surface area contributed by atoms with E-state index in [1.165, 1.54) is 0 Å². The Morgan fingerprint density at radius 1 is 2.00 bits per heavy atom. The smallest absolute Gasteiger partial charge is 0.294 e. The third-order valence-electron chi connectivity index (χ3n) is 0.938. The molecule has 46 valence electrons. The lowest BCUT2D eigenvalue weighted by Crippen LogP contribution is -2.29. The van der Waals surface area contributed by atoms with Crippen molar-refractivity contribution in [2.75, 3.05) is 6.61 Å². The molecular formula is C4H7NO3. The molecule has 1 rings (SSSR count). The van der Waals surface area contributed by atoms with Gasteiger partial charge in [0.15, 0.2) is 6.23 Å². The van der Waals surface area contributed by atoms with Gasteiger partial charge in [-0.2, -0.15) is 0 Å². The van der Waals surface area contributed by atoms with Gasteiger partial charge in [0, 0.05) is 0 Å². The van der Waals surface area contributed by atoms with Crippen LogP contribution in [0.4, 0.5) is 0 Å². The Bertz CT molecular complexity index is 91.3. The fraction of sp³-hybridized carbons (Fsp3) is 0.750. The van der Waals surface area contributed by atoms with Crippen molar-refractivity contribution >= 4 is 6.47 Å². The predicted molar refractivity (Wildman–Crippen MR) is 24.9 cm³/mol. The van der Waals surface area contributed by atoms with Crippen LogP contribution in [-0.4, -0.2) is 25.4 Å². The maximum atomic E-state index is 9.59. The standard InChI is InChI=1S/C4H7NO3/c5-4(8-2-6)3-1-7-3/h2-4H,1,5H2. The van der Waals surface area contributed by atoms with E-state index in [4.69, 9.17) is 10.5 Å². The topological polar surface area (TPSA) is 64.8 Å². The summed E-state index contributed by atoms with van der Waals surface area (Å²) in [7, 11) is 0. The molecule has 0 bridgehead atoms. The molecule has 1 fully saturated rings. The first kappa shape index (κ1) is 5.53. The summed E-state index contributed by atoms with van der Waals surface area (Å²) in [6, 6.07) is 0. The minimum absolute atomic E-state index is 0.0554. The Morgan fingerprint density at radius 2 is 2.62 bits per heavy atom. The number of carbonyl (C=O) groups excluding carboxylic acids is 1. The molecule has 4 heteroatoms. The zero-order valence-electron chi connectivity index (χ0n) is 4.24. The molecule has 0 aliphatic carbocycles. The number of hydrogen-bond acceptors (Lipinski definition) is 4. The van der Waals surface area contributed by atoms with Crippen LogP contribution in [0.5, 0.6) is 0 Å². The molecular weight excluding hydrogens is 110 g/mol. The zero-order chi connectivity index (χ0) is 5.98. The van der Waals surface area contributed by atoms with Crippen molar-refractivity contribution in [3.05, 3.63) is 0 Å². The molecule has 2 N–H and O–H groups in total. The lowest BCUT2D eigenvalue weighted by molar-refractivity contribution is -0.134. The summed E-state index contributed by atoms with van der Waals surface area (Å²) in [5.41, 5.74) is 5.21. The summed E-state index contributed by atoms with van der Waals surface area (Å²) in [5.74, 6) is 0. The normalized spacial score (nSPS) is 28.9. The summed E-state index contributed by atoms with van der Waals surface area (Å²) in [4.78, 5) is 9.59. The average Bonchev–Trinajstić information content (AvgIpc) is 2.45. The molecule has 0 radical (unpaired) electrons. The molecule has 0 aromatic heterocycles. The number of hydrogen-bond donors (Lipinski definition) is 1. The van der Waals surface area contributed by atoms with Crippen LogP contribution < -0.4 is 5.73 Å². The van der Waals surface area contributed by atoms with Gasteiger partial charge in [0.1, 0.15) is 6.10 Å². The van der Waals surface area contributed by atoms with E-state index >= 15 is 0 Å². The minimum atomic E-state index is -0.563. The van der Waals surface area contributed by atoms with Gasteiger partial charge in [-0.05, 0) is 0 Å². The quantitative estimate of drug-likeness (QED) is 0.288. The SMILES string of the molecule is NC(OC=O)C1CO1. The molecule has 0 aromatic rings. The van der Waals surface area contributed by atoms with Gasteiger partial charge in [0.2, 0.25) is 0 Å². The first-order valence-electron chi connectivity index (χ1n) is 2.31. The molecule has 8 heavy (non-hydrogen) atoms. The number of carbonyl (C=O) groups is 1. The molecule has 1 aliphatic rings. The summed E-state index contributed by atoms with van der Waals surface area (Å²) < 4.78 is 9.05. The van der Waals surface area contributed by atoms with E-state index < -0.39 is 6.23 Å². The van der Waals surface area contributed by atoms with Crippen molar-refractivity contribution < 1.29 is 14.3 Å². The lowest BCUT2D eigenvalue weighted by Gasteiger charge is -2.02. The summed E-state index contributed by atoms with van der Waals surface area (Å²) in [5, 5.41) is 0. The molecule has 2 unspecified atom stereocenters. The Kier molecular flexibility index (Phi) is 1.45. The van der Waals surface area contributed by atoms with Crippen LogP contribution in [0.1, 0.15) is 0 Å². The van der Waals surface area contributed by atoms with Gasteiger partial charge in [-0.3, -0.25) is 10.5 Å². The van der Waals surface area contributed by atoms with E-state index in [0.29, 0.717) is 13.1 Å². The van der Waals surface area contributed by atoms with Crippen molar-refractivity contribution in [1.82, 2.24) is 0 Å². The molecule has 1 saturated heterocycles. The Hall–Kier alpha value is -0.610. The van der Waals surface area contributed by atoms with Crippen LogP contribution in [0.2, 0.25) is 0 Å². The van der Waals surface area contributed by atoms with Crippen molar-refractivity contribution in [3.8, 4) is 0 Å². The molecule has 4 nitrogen and oxygen atoms in total. The van der Waals surface area contributed by atoms with Crippen LogP contribution >= 0.6 is 0 Å². The number of nitrogens with two attached hydrogens (primary N) is 1. The van der Waals surface area contributed by atoms with Gasteiger partial charge in [0.05, 0.1) is 6.61 Å². The van der Waals surface area contributed by atoms with Gasteiger partial charge in [-0.1, -0.05) is 0 Å². The number of ether oxygens (including phenoxy) is 2. The fourth-order valence-corrected chi connectivity index (χ4v) is 0.397. The van der Waals surface area contributed by atoms with Crippen molar-refractivity contribution in [2.45, 2.75) is 12.3 Å². The van der Waals surface area contributed by atoms with Gasteiger partial charge >= 0.3 is 0 Å². The third-order valence-corrected chi connectivity index (χ3v) is 0.938. The Morgan fingerprint density at radius 3 is 3.00 bits per heavy atom. The van der Waals surface area contributed by atoms with E-state index in [1.807, 2.05) is 0 Å². The van der Waals surface area contributed by atoms with Gasteiger partial charge in [0.25, 0.3) is 6.47 Å². The molecule has 1 aliphatic heterocycles. The summed E-state index contributed by atoms with van der Waals surface area (Å²) >= 11 is 0. The maximum absolute atomic E-state index is 9.59. The molecule has 0 aromatic carbocycles. The van der Waals surface area contributed by atoms with E-state index in [-0.39, 0.29) is 6.10 Å². The second kappa shape index (κ2) is 2.11. The van der Waals surface area contributed by atoms with Crippen LogP contribution in [0.25, 0.3) is 0 Å². The second-order valence-corrected chi connectivity index (χ2v) is 1.57. The molecule has 1 heterocycles. The van der Waals surface area contributed by atoms with Crippen molar-refractivity contribution in [2.24, 2.45) is 5.73 Å². The first-order chi connectivity index (χ1) is 3.84. The lowest BCUT2D eigenvalue weighted by atomic mass is 10.4. The monoisotopic (exact) mass is 117 g/mol. The van der Waals surface area contributed by atoms with Gasteiger partial charge in [-0.15, -0.1) is 0 Å². The first-order valence-corrected chi connectivity index (χ1v) is 2.31. The van der Waals surface area contributed by atoms with Crippen LogP contribution in [-0.2, 0) is 14.3 Å². The largest absolute Gasteiger partial charge is 0.446 e. The number of epoxide rings is 1. The summed E-state index contributed by atoms with van der Waals surface area (Å²) in [6.07, 6.45) is -0.618. The highest BCUT2D eigenvalue weighted by molar-refractivity contribution is 5.37. The Balaban J connectivity index is 2.12. The number of rotatable bonds is 3. The highest BCUT2D eigenvalue weighted by Gasteiger charge is 2.31. The van der Waals surface area contributed by atoms with Gasteiger partial charge in [-0.25, -0.2) is 0 Å². The molecule has 0 saturated carbocycles. The maximum Gasteiger partial charge on any atom is 0.294 e. The fourth-order valence-electron chi connectivity index (χ4n) is 0.397.